The molecule has 0 radical (unpaired) electrons. The summed E-state index contributed by atoms with van der Waals surface area (Å²) in [5.41, 5.74) is 0. The maximum absolute atomic E-state index is 11.7. The van der Waals surface area contributed by atoms with E-state index in [1.54, 1.807) is 4.90 Å². The van der Waals surface area contributed by atoms with Crippen molar-refractivity contribution in [2.45, 2.75) is 18.9 Å². The quantitative estimate of drug-likeness (QED) is 0.681. The average Bonchev–Trinajstić information content (AvgIpc) is 2.15. The first kappa shape index (κ1) is 13.4. The van der Waals surface area contributed by atoms with Crippen molar-refractivity contribution in [2.24, 2.45) is 0 Å². The van der Waals surface area contributed by atoms with Gasteiger partial charge >= 0.3 is 0 Å². The third-order valence-electron chi connectivity index (χ3n) is 2.87. The van der Waals surface area contributed by atoms with Crippen LogP contribution in [0.15, 0.2) is 0 Å². The lowest BCUT2D eigenvalue weighted by Gasteiger charge is -2.36. The smallest absolute Gasteiger partial charge is 0.237 e. The molecule has 1 heterocycles. The SMILES string of the molecule is CN(C)C1CCCN(C(=O)CS(C)(=O)=O)C1. The van der Waals surface area contributed by atoms with Crippen molar-refractivity contribution in [2.75, 3.05) is 39.2 Å². The highest BCUT2D eigenvalue weighted by molar-refractivity contribution is 7.91. The van der Waals surface area contributed by atoms with Gasteiger partial charge in [-0.2, -0.15) is 0 Å². The van der Waals surface area contributed by atoms with Crippen molar-refractivity contribution in [3.05, 3.63) is 0 Å². The number of carbonyl (C=O) groups is 1. The molecule has 1 aliphatic heterocycles. The second-order valence-electron chi connectivity index (χ2n) is 4.67. The summed E-state index contributed by atoms with van der Waals surface area (Å²) >= 11 is 0. The van der Waals surface area contributed by atoms with Crippen molar-refractivity contribution in [1.29, 1.82) is 0 Å². The Labute approximate surface area is 97.3 Å². The van der Waals surface area contributed by atoms with Crippen LogP contribution in [0.2, 0.25) is 0 Å². The van der Waals surface area contributed by atoms with Crippen LogP contribution in [0.5, 0.6) is 0 Å². The van der Waals surface area contributed by atoms with Crippen LogP contribution < -0.4 is 0 Å². The Morgan fingerprint density at radius 1 is 1.44 bits per heavy atom. The molecular weight excluding hydrogens is 228 g/mol. The summed E-state index contributed by atoms with van der Waals surface area (Å²) in [6.45, 7) is 1.32. The van der Waals surface area contributed by atoms with E-state index >= 15 is 0 Å². The molecule has 6 heteroatoms. The minimum atomic E-state index is -3.22. The first-order valence-corrected chi connectivity index (χ1v) is 7.47. The fourth-order valence-electron chi connectivity index (χ4n) is 1.92. The van der Waals surface area contributed by atoms with Gasteiger partial charge in [-0.05, 0) is 26.9 Å². The molecule has 1 rings (SSSR count). The molecular formula is C10H20N2O3S. The second kappa shape index (κ2) is 5.14. The molecule has 94 valence electrons. The maximum Gasteiger partial charge on any atom is 0.237 e. The summed E-state index contributed by atoms with van der Waals surface area (Å²) in [6.07, 6.45) is 3.10. The average molecular weight is 248 g/mol. The maximum atomic E-state index is 11.7. The lowest BCUT2D eigenvalue weighted by molar-refractivity contribution is -0.130. The van der Waals surface area contributed by atoms with Crippen LogP contribution in [0, 0.1) is 0 Å². The van der Waals surface area contributed by atoms with Gasteiger partial charge in [-0.3, -0.25) is 4.79 Å². The van der Waals surface area contributed by atoms with Gasteiger partial charge in [0.05, 0.1) is 0 Å². The fourth-order valence-corrected chi connectivity index (χ4v) is 2.55. The zero-order valence-electron chi connectivity index (χ0n) is 10.1. The molecule has 5 nitrogen and oxygen atoms in total. The van der Waals surface area contributed by atoms with E-state index in [4.69, 9.17) is 0 Å². The van der Waals surface area contributed by atoms with Gasteiger partial charge in [0.2, 0.25) is 5.91 Å². The number of likely N-dealkylation sites (tertiary alicyclic amines) is 1. The molecule has 0 aromatic rings. The molecule has 1 aliphatic rings. The number of likely N-dealkylation sites (N-methyl/N-ethyl adjacent to an activating group) is 1. The summed E-state index contributed by atoms with van der Waals surface area (Å²) < 4.78 is 22.1. The van der Waals surface area contributed by atoms with Gasteiger partial charge in [0, 0.05) is 25.4 Å². The van der Waals surface area contributed by atoms with Crippen molar-refractivity contribution < 1.29 is 13.2 Å². The Morgan fingerprint density at radius 2 is 2.06 bits per heavy atom. The van der Waals surface area contributed by atoms with E-state index in [0.717, 1.165) is 19.1 Å². The van der Waals surface area contributed by atoms with Gasteiger partial charge in [0.15, 0.2) is 9.84 Å². The van der Waals surface area contributed by atoms with E-state index in [9.17, 15) is 13.2 Å². The summed E-state index contributed by atoms with van der Waals surface area (Å²) in [5, 5.41) is 0. The van der Waals surface area contributed by atoms with Crippen molar-refractivity contribution in [3.8, 4) is 0 Å². The van der Waals surface area contributed by atoms with Gasteiger partial charge in [-0.25, -0.2) is 8.42 Å². The topological polar surface area (TPSA) is 57.7 Å². The van der Waals surface area contributed by atoms with Crippen LogP contribution in [0.25, 0.3) is 0 Å². The van der Waals surface area contributed by atoms with E-state index in [1.807, 2.05) is 14.1 Å². The van der Waals surface area contributed by atoms with E-state index < -0.39 is 9.84 Å². The molecule has 16 heavy (non-hydrogen) atoms. The lowest BCUT2D eigenvalue weighted by atomic mass is 10.1. The molecule has 0 saturated carbocycles. The Morgan fingerprint density at radius 3 is 2.56 bits per heavy atom. The van der Waals surface area contributed by atoms with E-state index in [-0.39, 0.29) is 11.7 Å². The highest BCUT2D eigenvalue weighted by Crippen LogP contribution is 2.14. The number of piperidine rings is 1. The third kappa shape index (κ3) is 4.09. The van der Waals surface area contributed by atoms with Gasteiger partial charge in [0.25, 0.3) is 0 Å². The summed E-state index contributed by atoms with van der Waals surface area (Å²) in [7, 11) is 0.747. The molecule has 0 spiro atoms. The number of amides is 1. The highest BCUT2D eigenvalue weighted by Gasteiger charge is 2.26. The normalized spacial score (nSPS) is 22.5. The molecule has 1 saturated heterocycles. The number of hydrogen-bond donors (Lipinski definition) is 0. The Bertz CT molecular complexity index is 351. The van der Waals surface area contributed by atoms with Crippen LogP contribution in [-0.2, 0) is 14.6 Å². The van der Waals surface area contributed by atoms with Crippen molar-refractivity contribution >= 4 is 15.7 Å². The van der Waals surface area contributed by atoms with Crippen LogP contribution in [0.4, 0.5) is 0 Å². The number of hydrogen-bond acceptors (Lipinski definition) is 4. The molecule has 0 bridgehead atoms. The van der Waals surface area contributed by atoms with Gasteiger partial charge in [-0.1, -0.05) is 0 Å². The van der Waals surface area contributed by atoms with Crippen LogP contribution in [0.3, 0.4) is 0 Å². The highest BCUT2D eigenvalue weighted by atomic mass is 32.2. The van der Waals surface area contributed by atoms with Crippen LogP contribution in [0.1, 0.15) is 12.8 Å². The number of sulfone groups is 1. The molecule has 0 aliphatic carbocycles. The number of rotatable bonds is 3. The molecule has 1 fully saturated rings. The zero-order chi connectivity index (χ0) is 12.3. The van der Waals surface area contributed by atoms with E-state index in [0.29, 0.717) is 19.1 Å². The van der Waals surface area contributed by atoms with E-state index in [1.165, 1.54) is 0 Å². The summed E-state index contributed by atoms with van der Waals surface area (Å²) in [5.74, 6) is -0.637. The van der Waals surface area contributed by atoms with Crippen molar-refractivity contribution in [3.63, 3.8) is 0 Å². The Kier molecular flexibility index (Phi) is 4.32. The van der Waals surface area contributed by atoms with Gasteiger partial charge in [-0.15, -0.1) is 0 Å². The molecule has 1 amide bonds. The zero-order valence-corrected chi connectivity index (χ0v) is 11.0. The predicted molar refractivity (Wildman–Crippen MR) is 63.0 cm³/mol. The van der Waals surface area contributed by atoms with Crippen LogP contribution in [-0.4, -0.2) is 69.4 Å². The molecule has 1 unspecified atom stereocenters. The second-order valence-corrected chi connectivity index (χ2v) is 6.81. The molecule has 0 aromatic heterocycles. The first-order chi connectivity index (χ1) is 7.29. The lowest BCUT2D eigenvalue weighted by Crippen LogP contribution is -2.48. The Hall–Kier alpha value is -0.620. The van der Waals surface area contributed by atoms with Crippen LogP contribution >= 0.6 is 0 Å². The van der Waals surface area contributed by atoms with E-state index in [2.05, 4.69) is 4.90 Å². The fraction of sp³-hybridized carbons (Fsp3) is 0.900. The molecule has 1 atom stereocenters. The third-order valence-corrected chi connectivity index (χ3v) is 3.64. The first-order valence-electron chi connectivity index (χ1n) is 5.41. The van der Waals surface area contributed by atoms with Gasteiger partial charge < -0.3 is 9.80 Å². The largest absolute Gasteiger partial charge is 0.340 e. The Balaban J connectivity index is 2.57. The monoisotopic (exact) mass is 248 g/mol. The van der Waals surface area contributed by atoms with Crippen molar-refractivity contribution in [1.82, 2.24) is 9.80 Å². The number of carbonyl (C=O) groups excluding carboxylic acids is 1. The minimum absolute atomic E-state index is 0.269. The van der Waals surface area contributed by atoms with Gasteiger partial charge in [0.1, 0.15) is 5.75 Å². The number of nitrogens with zero attached hydrogens (tertiary/aromatic N) is 2. The predicted octanol–water partition coefficient (Wildman–Crippen LogP) is -0.416. The summed E-state index contributed by atoms with van der Waals surface area (Å²) in [6, 6.07) is 0.345. The standard InChI is InChI=1S/C10H20N2O3S/c1-11(2)9-5-4-6-12(7-9)10(13)8-16(3,14)15/h9H,4-8H2,1-3H3. The molecule has 0 N–H and O–H groups in total. The minimum Gasteiger partial charge on any atom is -0.340 e. The molecule has 0 aromatic carbocycles. The summed E-state index contributed by atoms with van der Waals surface area (Å²) in [4.78, 5) is 15.5.